The summed E-state index contributed by atoms with van der Waals surface area (Å²) in [6.07, 6.45) is 1.01. The maximum Gasteiger partial charge on any atom is 0.317 e. The highest BCUT2D eigenvalue weighted by Gasteiger charge is 2.18. The molecule has 0 fully saturated rings. The van der Waals surface area contributed by atoms with E-state index in [2.05, 4.69) is 10.2 Å². The summed E-state index contributed by atoms with van der Waals surface area (Å²) in [6.45, 7) is 1.24. The molecule has 0 saturated carbocycles. The van der Waals surface area contributed by atoms with Gasteiger partial charge in [0.25, 0.3) is 0 Å². The molecule has 0 unspecified atom stereocenters. The minimum atomic E-state index is -0.653. The number of hydrogen-bond donors (Lipinski definition) is 1. The molecular formula is C5H5N3O3. The van der Waals surface area contributed by atoms with E-state index in [0.29, 0.717) is 0 Å². The SMILES string of the molecule is CC(=O)c1[nH]ncc1[N+](=O)[O-]. The molecule has 6 heteroatoms. The molecule has 0 radical (unpaired) electrons. The molecule has 0 aliphatic rings. The number of H-pyrrole nitrogens is 1. The highest BCUT2D eigenvalue weighted by Crippen LogP contribution is 2.13. The van der Waals surface area contributed by atoms with E-state index in [1.165, 1.54) is 6.92 Å². The second-order valence-corrected chi connectivity index (χ2v) is 1.94. The van der Waals surface area contributed by atoms with Crippen LogP contribution in [0.15, 0.2) is 6.20 Å². The molecule has 0 spiro atoms. The Morgan fingerprint density at radius 2 is 2.45 bits per heavy atom. The van der Waals surface area contributed by atoms with Gasteiger partial charge in [-0.05, 0) is 0 Å². The van der Waals surface area contributed by atoms with Crippen molar-refractivity contribution in [1.82, 2.24) is 10.2 Å². The van der Waals surface area contributed by atoms with E-state index in [1.54, 1.807) is 0 Å². The van der Waals surface area contributed by atoms with Gasteiger partial charge in [-0.3, -0.25) is 20.0 Å². The molecule has 11 heavy (non-hydrogen) atoms. The van der Waals surface area contributed by atoms with Crippen LogP contribution in [0.25, 0.3) is 0 Å². The average molecular weight is 155 g/mol. The van der Waals surface area contributed by atoms with E-state index < -0.39 is 10.7 Å². The van der Waals surface area contributed by atoms with Crippen LogP contribution in [0.4, 0.5) is 5.69 Å². The lowest BCUT2D eigenvalue weighted by Crippen LogP contribution is -1.97. The Morgan fingerprint density at radius 1 is 1.82 bits per heavy atom. The fourth-order valence-corrected chi connectivity index (χ4v) is 0.677. The van der Waals surface area contributed by atoms with Gasteiger partial charge in [0.05, 0.1) is 4.92 Å². The van der Waals surface area contributed by atoms with Gasteiger partial charge in [-0.2, -0.15) is 5.10 Å². The molecule has 1 heterocycles. The number of rotatable bonds is 2. The first-order valence-electron chi connectivity index (χ1n) is 2.81. The number of nitrogens with one attached hydrogen (secondary N) is 1. The summed E-state index contributed by atoms with van der Waals surface area (Å²) in [7, 11) is 0. The van der Waals surface area contributed by atoms with Gasteiger partial charge in [0, 0.05) is 6.92 Å². The van der Waals surface area contributed by atoms with Gasteiger partial charge < -0.3 is 0 Å². The van der Waals surface area contributed by atoms with Crippen LogP contribution in [0.1, 0.15) is 17.4 Å². The molecular weight excluding hydrogens is 150 g/mol. The molecule has 0 saturated heterocycles. The third kappa shape index (κ3) is 1.23. The van der Waals surface area contributed by atoms with Crippen LogP contribution >= 0.6 is 0 Å². The Hall–Kier alpha value is -1.72. The molecule has 1 rings (SSSR count). The monoisotopic (exact) mass is 155 g/mol. The average Bonchev–Trinajstić information content (AvgIpc) is 2.32. The molecule has 0 aliphatic carbocycles. The summed E-state index contributed by atoms with van der Waals surface area (Å²) in [4.78, 5) is 20.2. The zero-order valence-electron chi connectivity index (χ0n) is 5.70. The van der Waals surface area contributed by atoms with Crippen molar-refractivity contribution in [3.63, 3.8) is 0 Å². The number of aromatic nitrogens is 2. The highest BCUT2D eigenvalue weighted by atomic mass is 16.6. The van der Waals surface area contributed by atoms with Gasteiger partial charge >= 0.3 is 5.69 Å². The topological polar surface area (TPSA) is 88.9 Å². The predicted molar refractivity (Wildman–Crippen MR) is 35.2 cm³/mol. The molecule has 0 amide bonds. The van der Waals surface area contributed by atoms with Gasteiger partial charge in [0.1, 0.15) is 6.20 Å². The molecule has 1 aromatic rings. The zero-order chi connectivity index (χ0) is 8.43. The van der Waals surface area contributed by atoms with Crippen LogP contribution in [-0.4, -0.2) is 20.9 Å². The summed E-state index contributed by atoms with van der Waals surface area (Å²) in [5, 5.41) is 15.8. The quantitative estimate of drug-likeness (QED) is 0.383. The maximum atomic E-state index is 10.7. The molecule has 1 aromatic heterocycles. The Morgan fingerprint density at radius 3 is 2.82 bits per heavy atom. The van der Waals surface area contributed by atoms with Crippen molar-refractivity contribution >= 4 is 11.5 Å². The van der Waals surface area contributed by atoms with E-state index in [-0.39, 0.29) is 11.4 Å². The molecule has 0 aromatic carbocycles. The van der Waals surface area contributed by atoms with Crippen molar-refractivity contribution in [2.45, 2.75) is 6.92 Å². The number of Topliss-reactive ketones (excluding diaryl/α,β-unsaturated/α-hetero) is 1. The normalized spacial score (nSPS) is 9.55. The molecule has 6 nitrogen and oxygen atoms in total. The number of nitrogens with zero attached hydrogens (tertiary/aromatic N) is 2. The number of aromatic amines is 1. The first-order valence-corrected chi connectivity index (χ1v) is 2.81. The summed E-state index contributed by atoms with van der Waals surface area (Å²) in [5.74, 6) is -0.394. The van der Waals surface area contributed by atoms with E-state index in [0.717, 1.165) is 6.20 Å². The molecule has 0 atom stereocenters. The van der Waals surface area contributed by atoms with Crippen molar-refractivity contribution in [3.05, 3.63) is 22.0 Å². The van der Waals surface area contributed by atoms with Gasteiger partial charge in [-0.15, -0.1) is 0 Å². The minimum absolute atomic E-state index is 0.0602. The van der Waals surface area contributed by atoms with Gasteiger partial charge in [0.15, 0.2) is 11.5 Å². The van der Waals surface area contributed by atoms with Crippen LogP contribution in [0.5, 0.6) is 0 Å². The maximum absolute atomic E-state index is 10.7. The lowest BCUT2D eigenvalue weighted by atomic mass is 10.3. The number of nitro groups is 1. The molecule has 0 aliphatic heterocycles. The van der Waals surface area contributed by atoms with Gasteiger partial charge in [-0.1, -0.05) is 0 Å². The summed E-state index contributed by atoms with van der Waals surface area (Å²) < 4.78 is 0. The van der Waals surface area contributed by atoms with E-state index in [9.17, 15) is 14.9 Å². The van der Waals surface area contributed by atoms with Crippen molar-refractivity contribution in [2.75, 3.05) is 0 Å². The predicted octanol–water partition coefficient (Wildman–Crippen LogP) is 0.520. The first-order chi connectivity index (χ1) is 5.13. The van der Waals surface area contributed by atoms with E-state index in [1.807, 2.05) is 0 Å². The number of carbonyl (C=O) groups excluding carboxylic acids is 1. The Bertz CT molecular complexity index is 275. The summed E-state index contributed by atoms with van der Waals surface area (Å²) in [5.41, 5.74) is -0.340. The van der Waals surface area contributed by atoms with E-state index in [4.69, 9.17) is 0 Å². The third-order valence-corrected chi connectivity index (χ3v) is 1.17. The van der Waals surface area contributed by atoms with Crippen molar-refractivity contribution in [2.24, 2.45) is 0 Å². The lowest BCUT2D eigenvalue weighted by molar-refractivity contribution is -0.385. The third-order valence-electron chi connectivity index (χ3n) is 1.17. The Balaban J connectivity index is 3.16. The van der Waals surface area contributed by atoms with Crippen LogP contribution in [-0.2, 0) is 0 Å². The minimum Gasteiger partial charge on any atom is -0.293 e. The van der Waals surface area contributed by atoms with Crippen molar-refractivity contribution in [1.29, 1.82) is 0 Å². The van der Waals surface area contributed by atoms with Crippen LogP contribution in [0.2, 0.25) is 0 Å². The standard InChI is InChI=1S/C5H5N3O3/c1-3(9)5-4(8(10)11)2-6-7-5/h2H,1H3,(H,6,7). The number of ketones is 1. The number of carbonyl (C=O) groups is 1. The second-order valence-electron chi connectivity index (χ2n) is 1.94. The van der Waals surface area contributed by atoms with Gasteiger partial charge in [0.2, 0.25) is 0 Å². The second kappa shape index (κ2) is 2.49. The fraction of sp³-hybridized carbons (Fsp3) is 0.200. The largest absolute Gasteiger partial charge is 0.317 e. The summed E-state index contributed by atoms with van der Waals surface area (Å²) in [6, 6.07) is 0. The fourth-order valence-electron chi connectivity index (χ4n) is 0.677. The lowest BCUT2D eigenvalue weighted by Gasteiger charge is -1.87. The number of hydrogen-bond acceptors (Lipinski definition) is 4. The van der Waals surface area contributed by atoms with Crippen LogP contribution in [0.3, 0.4) is 0 Å². The highest BCUT2D eigenvalue weighted by molar-refractivity contribution is 5.95. The first kappa shape index (κ1) is 7.39. The van der Waals surface area contributed by atoms with Gasteiger partial charge in [-0.25, -0.2) is 0 Å². The Labute approximate surface area is 61.4 Å². The Kier molecular flexibility index (Phi) is 1.67. The smallest absolute Gasteiger partial charge is 0.293 e. The van der Waals surface area contributed by atoms with Crippen molar-refractivity contribution in [3.8, 4) is 0 Å². The zero-order valence-corrected chi connectivity index (χ0v) is 5.70. The molecule has 0 bridgehead atoms. The summed E-state index contributed by atoms with van der Waals surface area (Å²) >= 11 is 0. The van der Waals surface area contributed by atoms with E-state index >= 15 is 0 Å². The molecule has 58 valence electrons. The van der Waals surface area contributed by atoms with Crippen LogP contribution < -0.4 is 0 Å². The van der Waals surface area contributed by atoms with Crippen molar-refractivity contribution < 1.29 is 9.72 Å². The molecule has 1 N–H and O–H groups in total. The van der Waals surface area contributed by atoms with Crippen LogP contribution in [0, 0.1) is 10.1 Å².